The SMILES string of the molecule is Cc1ccc(C(N)=O)cc1-c1cnc2[nH]cc(C3CCC3)c2c1. The Morgan fingerprint density at radius 2 is 2.13 bits per heavy atom. The number of hydrogen-bond acceptors (Lipinski definition) is 2. The third kappa shape index (κ3) is 2.31. The summed E-state index contributed by atoms with van der Waals surface area (Å²) in [5, 5.41) is 1.19. The minimum Gasteiger partial charge on any atom is -0.366 e. The largest absolute Gasteiger partial charge is 0.366 e. The molecule has 1 aliphatic carbocycles. The fraction of sp³-hybridized carbons (Fsp3) is 0.263. The van der Waals surface area contributed by atoms with Crippen LogP contribution in [-0.4, -0.2) is 15.9 Å². The first-order valence-corrected chi connectivity index (χ1v) is 8.01. The van der Waals surface area contributed by atoms with E-state index in [0.717, 1.165) is 22.3 Å². The first kappa shape index (κ1) is 14.0. The predicted octanol–water partition coefficient (Wildman–Crippen LogP) is 3.90. The van der Waals surface area contributed by atoms with Gasteiger partial charge in [0.2, 0.25) is 5.91 Å². The average Bonchev–Trinajstić information content (AvgIpc) is 2.89. The molecule has 0 spiro atoms. The summed E-state index contributed by atoms with van der Waals surface area (Å²) in [6.45, 7) is 2.04. The summed E-state index contributed by atoms with van der Waals surface area (Å²) in [6, 6.07) is 7.74. The van der Waals surface area contributed by atoms with Crippen molar-refractivity contribution in [2.75, 3.05) is 0 Å². The molecule has 3 aromatic rings. The summed E-state index contributed by atoms with van der Waals surface area (Å²) in [6.07, 6.45) is 7.78. The molecule has 1 saturated carbocycles. The summed E-state index contributed by atoms with van der Waals surface area (Å²) in [5.41, 5.74) is 11.4. The smallest absolute Gasteiger partial charge is 0.248 e. The fourth-order valence-electron chi connectivity index (χ4n) is 3.31. The van der Waals surface area contributed by atoms with Crippen molar-refractivity contribution in [3.8, 4) is 11.1 Å². The summed E-state index contributed by atoms with van der Waals surface area (Å²) in [4.78, 5) is 19.3. The van der Waals surface area contributed by atoms with Crippen molar-refractivity contribution in [2.24, 2.45) is 5.73 Å². The van der Waals surface area contributed by atoms with Crippen LogP contribution in [0.2, 0.25) is 0 Å². The topological polar surface area (TPSA) is 71.8 Å². The monoisotopic (exact) mass is 305 g/mol. The molecule has 3 N–H and O–H groups in total. The van der Waals surface area contributed by atoms with Crippen LogP contribution in [0.25, 0.3) is 22.2 Å². The number of H-pyrrole nitrogens is 1. The molecule has 1 aromatic carbocycles. The van der Waals surface area contributed by atoms with Crippen LogP contribution in [0.4, 0.5) is 0 Å². The fourth-order valence-corrected chi connectivity index (χ4v) is 3.31. The lowest BCUT2D eigenvalue weighted by Gasteiger charge is -2.24. The molecule has 116 valence electrons. The highest BCUT2D eigenvalue weighted by molar-refractivity contribution is 5.95. The van der Waals surface area contributed by atoms with Crippen LogP contribution in [0.15, 0.2) is 36.7 Å². The minimum absolute atomic E-state index is 0.405. The molecule has 1 aliphatic rings. The van der Waals surface area contributed by atoms with Crippen LogP contribution in [0, 0.1) is 6.92 Å². The van der Waals surface area contributed by atoms with E-state index in [9.17, 15) is 4.79 Å². The second-order valence-corrected chi connectivity index (χ2v) is 6.39. The highest BCUT2D eigenvalue weighted by atomic mass is 16.1. The lowest BCUT2D eigenvalue weighted by molar-refractivity contribution is 0.100. The Morgan fingerprint density at radius 1 is 1.30 bits per heavy atom. The number of hydrogen-bond donors (Lipinski definition) is 2. The lowest BCUT2D eigenvalue weighted by atomic mass is 9.80. The number of benzene rings is 1. The molecule has 1 fully saturated rings. The van der Waals surface area contributed by atoms with Crippen LogP contribution < -0.4 is 5.73 Å². The van der Waals surface area contributed by atoms with E-state index in [0.29, 0.717) is 11.5 Å². The van der Waals surface area contributed by atoms with E-state index >= 15 is 0 Å². The third-order valence-electron chi connectivity index (χ3n) is 4.94. The van der Waals surface area contributed by atoms with Crippen molar-refractivity contribution >= 4 is 16.9 Å². The zero-order valence-electron chi connectivity index (χ0n) is 13.1. The quantitative estimate of drug-likeness (QED) is 0.770. The summed E-state index contributed by atoms with van der Waals surface area (Å²) in [7, 11) is 0. The van der Waals surface area contributed by atoms with Gasteiger partial charge in [-0.3, -0.25) is 4.79 Å². The van der Waals surface area contributed by atoms with Gasteiger partial charge in [-0.15, -0.1) is 0 Å². The van der Waals surface area contributed by atoms with Crippen LogP contribution in [0.1, 0.15) is 46.7 Å². The number of fused-ring (bicyclic) bond motifs is 1. The number of pyridine rings is 1. The number of carbonyl (C=O) groups excluding carboxylic acids is 1. The van der Waals surface area contributed by atoms with Crippen molar-refractivity contribution < 1.29 is 4.79 Å². The van der Waals surface area contributed by atoms with Crippen molar-refractivity contribution in [2.45, 2.75) is 32.1 Å². The maximum atomic E-state index is 11.5. The zero-order chi connectivity index (χ0) is 16.0. The molecular weight excluding hydrogens is 286 g/mol. The van der Waals surface area contributed by atoms with Crippen LogP contribution in [0.3, 0.4) is 0 Å². The van der Waals surface area contributed by atoms with Gasteiger partial charge >= 0.3 is 0 Å². The van der Waals surface area contributed by atoms with Crippen LogP contribution >= 0.6 is 0 Å². The molecule has 2 aromatic heterocycles. The molecule has 4 heteroatoms. The van der Waals surface area contributed by atoms with E-state index in [4.69, 9.17) is 5.73 Å². The van der Waals surface area contributed by atoms with E-state index in [1.165, 1.54) is 30.2 Å². The minimum atomic E-state index is -0.405. The molecular formula is C19H19N3O. The molecule has 0 aliphatic heterocycles. The maximum Gasteiger partial charge on any atom is 0.248 e. The maximum absolute atomic E-state index is 11.5. The molecule has 4 nitrogen and oxygen atoms in total. The van der Waals surface area contributed by atoms with Gasteiger partial charge in [-0.1, -0.05) is 12.5 Å². The number of nitrogens with zero attached hydrogens (tertiary/aromatic N) is 1. The van der Waals surface area contributed by atoms with Crippen molar-refractivity contribution in [1.29, 1.82) is 0 Å². The summed E-state index contributed by atoms with van der Waals surface area (Å²) < 4.78 is 0. The normalized spacial score (nSPS) is 14.8. The van der Waals surface area contributed by atoms with Gasteiger partial charge in [-0.2, -0.15) is 0 Å². The van der Waals surface area contributed by atoms with Crippen molar-refractivity contribution in [3.63, 3.8) is 0 Å². The Morgan fingerprint density at radius 3 is 2.83 bits per heavy atom. The highest BCUT2D eigenvalue weighted by Crippen LogP contribution is 2.40. The van der Waals surface area contributed by atoms with Crippen molar-refractivity contribution in [1.82, 2.24) is 9.97 Å². The lowest BCUT2D eigenvalue weighted by Crippen LogP contribution is -2.11. The zero-order valence-corrected chi connectivity index (χ0v) is 13.1. The number of aromatic amines is 1. The molecule has 1 amide bonds. The van der Waals surface area contributed by atoms with E-state index in [1.54, 1.807) is 6.07 Å². The van der Waals surface area contributed by atoms with E-state index in [2.05, 4.69) is 22.2 Å². The standard InChI is InChI=1S/C19H19N3O/c1-11-5-6-13(18(20)23)7-15(11)14-8-16-17(12-3-2-4-12)10-22-19(16)21-9-14/h5-10,12H,2-4H2,1H3,(H2,20,23)(H,21,22). The molecule has 0 bridgehead atoms. The third-order valence-corrected chi connectivity index (χ3v) is 4.94. The molecule has 2 heterocycles. The average molecular weight is 305 g/mol. The Labute approximate surface area is 134 Å². The number of aromatic nitrogens is 2. The number of carbonyl (C=O) groups is 1. The molecule has 0 radical (unpaired) electrons. The van der Waals surface area contributed by atoms with Gasteiger partial charge in [-0.25, -0.2) is 4.98 Å². The van der Waals surface area contributed by atoms with Crippen LogP contribution in [-0.2, 0) is 0 Å². The van der Waals surface area contributed by atoms with Gasteiger partial charge in [0.25, 0.3) is 0 Å². The van der Waals surface area contributed by atoms with Gasteiger partial charge < -0.3 is 10.7 Å². The highest BCUT2D eigenvalue weighted by Gasteiger charge is 2.23. The second kappa shape index (κ2) is 5.23. The van der Waals surface area contributed by atoms with Gasteiger partial charge in [0.1, 0.15) is 5.65 Å². The van der Waals surface area contributed by atoms with Crippen molar-refractivity contribution in [3.05, 3.63) is 53.3 Å². The Hall–Kier alpha value is -2.62. The number of aryl methyl sites for hydroxylation is 1. The first-order valence-electron chi connectivity index (χ1n) is 8.01. The van der Waals surface area contributed by atoms with Gasteiger partial charge in [0.05, 0.1) is 0 Å². The number of nitrogens with two attached hydrogens (primary N) is 1. The molecule has 0 atom stereocenters. The number of nitrogens with one attached hydrogen (secondary N) is 1. The Balaban J connectivity index is 1.85. The number of amides is 1. The molecule has 4 rings (SSSR count). The van der Waals surface area contributed by atoms with Gasteiger partial charge in [0.15, 0.2) is 0 Å². The van der Waals surface area contributed by atoms with E-state index in [1.807, 2.05) is 25.3 Å². The van der Waals surface area contributed by atoms with Gasteiger partial charge in [-0.05, 0) is 60.6 Å². The Bertz CT molecular complexity index is 906. The number of primary amides is 1. The van der Waals surface area contributed by atoms with Crippen LogP contribution in [0.5, 0.6) is 0 Å². The Kier molecular flexibility index (Phi) is 3.18. The van der Waals surface area contributed by atoms with E-state index in [-0.39, 0.29) is 0 Å². The second-order valence-electron chi connectivity index (χ2n) is 6.39. The van der Waals surface area contributed by atoms with E-state index < -0.39 is 5.91 Å². The molecule has 0 saturated heterocycles. The first-order chi connectivity index (χ1) is 11.1. The molecule has 0 unspecified atom stereocenters. The predicted molar refractivity (Wildman–Crippen MR) is 91.4 cm³/mol. The van der Waals surface area contributed by atoms with Gasteiger partial charge in [0, 0.05) is 28.9 Å². The molecule has 23 heavy (non-hydrogen) atoms. The summed E-state index contributed by atoms with van der Waals surface area (Å²) >= 11 is 0. The summed E-state index contributed by atoms with van der Waals surface area (Å²) in [5.74, 6) is 0.246. The number of rotatable bonds is 3.